The molecular formula is C18H27N3O6. The SMILES string of the molecule is COC(=O)c1ccc(NCCCCCNC(=O)OC(C)(C)C)c([N+](=O)[O-])c1. The molecule has 27 heavy (non-hydrogen) atoms. The number of amides is 1. The highest BCUT2D eigenvalue weighted by Gasteiger charge is 2.18. The number of alkyl carbamates (subject to hydrolysis) is 1. The lowest BCUT2D eigenvalue weighted by Crippen LogP contribution is -2.33. The molecule has 1 rings (SSSR count). The molecule has 2 N–H and O–H groups in total. The van der Waals surface area contributed by atoms with Gasteiger partial charge in [0.25, 0.3) is 5.69 Å². The zero-order chi connectivity index (χ0) is 20.4. The third kappa shape index (κ3) is 8.39. The van der Waals surface area contributed by atoms with Crippen molar-refractivity contribution in [1.29, 1.82) is 0 Å². The van der Waals surface area contributed by atoms with E-state index < -0.39 is 22.6 Å². The topological polar surface area (TPSA) is 120 Å². The number of carbonyl (C=O) groups is 2. The summed E-state index contributed by atoms with van der Waals surface area (Å²) in [4.78, 5) is 33.6. The molecule has 1 aromatic rings. The zero-order valence-corrected chi connectivity index (χ0v) is 16.2. The minimum absolute atomic E-state index is 0.128. The molecule has 0 spiro atoms. The number of nitrogens with one attached hydrogen (secondary N) is 2. The average Bonchev–Trinajstić information content (AvgIpc) is 2.58. The molecule has 0 saturated heterocycles. The smallest absolute Gasteiger partial charge is 0.407 e. The fourth-order valence-corrected chi connectivity index (χ4v) is 2.23. The van der Waals surface area contributed by atoms with Crippen molar-refractivity contribution in [3.8, 4) is 0 Å². The Balaban J connectivity index is 2.37. The molecule has 0 radical (unpaired) electrons. The van der Waals surface area contributed by atoms with Crippen LogP contribution in [-0.4, -0.2) is 42.8 Å². The normalized spacial score (nSPS) is 10.8. The summed E-state index contributed by atoms with van der Waals surface area (Å²) in [7, 11) is 1.22. The van der Waals surface area contributed by atoms with E-state index in [9.17, 15) is 19.7 Å². The number of hydrogen-bond donors (Lipinski definition) is 2. The molecule has 0 aliphatic carbocycles. The molecule has 0 aliphatic heterocycles. The highest BCUT2D eigenvalue weighted by atomic mass is 16.6. The number of hydrogen-bond acceptors (Lipinski definition) is 7. The van der Waals surface area contributed by atoms with Gasteiger partial charge in [0.1, 0.15) is 11.3 Å². The largest absolute Gasteiger partial charge is 0.465 e. The number of anilines is 1. The van der Waals surface area contributed by atoms with E-state index in [1.54, 1.807) is 20.8 Å². The van der Waals surface area contributed by atoms with Gasteiger partial charge in [0.05, 0.1) is 17.6 Å². The zero-order valence-electron chi connectivity index (χ0n) is 16.2. The summed E-state index contributed by atoms with van der Waals surface area (Å²) in [6.45, 7) is 6.44. The summed E-state index contributed by atoms with van der Waals surface area (Å²) in [6, 6.07) is 4.17. The first kappa shape index (κ1) is 22.2. The Bertz CT molecular complexity index is 670. The van der Waals surface area contributed by atoms with E-state index in [0.29, 0.717) is 18.8 Å². The first-order valence-electron chi connectivity index (χ1n) is 8.71. The number of nitrogens with zero attached hydrogens (tertiary/aromatic N) is 1. The number of unbranched alkanes of at least 4 members (excludes halogenated alkanes) is 2. The second-order valence-electron chi connectivity index (χ2n) is 6.90. The van der Waals surface area contributed by atoms with Gasteiger partial charge in [-0.2, -0.15) is 0 Å². The van der Waals surface area contributed by atoms with Gasteiger partial charge >= 0.3 is 12.1 Å². The first-order valence-corrected chi connectivity index (χ1v) is 8.71. The van der Waals surface area contributed by atoms with Gasteiger partial charge in [-0.3, -0.25) is 10.1 Å². The van der Waals surface area contributed by atoms with Gasteiger partial charge in [-0.25, -0.2) is 9.59 Å². The highest BCUT2D eigenvalue weighted by molar-refractivity contribution is 5.91. The van der Waals surface area contributed by atoms with Crippen molar-refractivity contribution in [1.82, 2.24) is 5.32 Å². The summed E-state index contributed by atoms with van der Waals surface area (Å²) >= 11 is 0. The molecule has 150 valence electrons. The lowest BCUT2D eigenvalue weighted by molar-refractivity contribution is -0.384. The second-order valence-corrected chi connectivity index (χ2v) is 6.90. The minimum atomic E-state index is -0.623. The summed E-state index contributed by atoms with van der Waals surface area (Å²) < 4.78 is 9.70. The van der Waals surface area contributed by atoms with Crippen LogP contribution in [0.25, 0.3) is 0 Å². The molecule has 0 aromatic heterocycles. The maximum absolute atomic E-state index is 11.5. The Morgan fingerprint density at radius 3 is 2.41 bits per heavy atom. The quantitative estimate of drug-likeness (QED) is 0.291. The van der Waals surface area contributed by atoms with Crippen LogP contribution in [0.2, 0.25) is 0 Å². The van der Waals surface area contributed by atoms with Gasteiger partial charge in [-0.15, -0.1) is 0 Å². The van der Waals surface area contributed by atoms with Crippen LogP contribution >= 0.6 is 0 Å². The van der Waals surface area contributed by atoms with E-state index in [0.717, 1.165) is 19.3 Å². The molecule has 9 heteroatoms. The fourth-order valence-electron chi connectivity index (χ4n) is 2.23. The van der Waals surface area contributed by atoms with Crippen LogP contribution in [0.15, 0.2) is 18.2 Å². The van der Waals surface area contributed by atoms with Crippen molar-refractivity contribution in [2.24, 2.45) is 0 Å². The molecule has 0 fully saturated rings. The van der Waals surface area contributed by atoms with Crippen LogP contribution < -0.4 is 10.6 Å². The van der Waals surface area contributed by atoms with Gasteiger partial charge < -0.3 is 20.1 Å². The van der Waals surface area contributed by atoms with E-state index in [1.807, 2.05) is 0 Å². The maximum atomic E-state index is 11.5. The van der Waals surface area contributed by atoms with Gasteiger partial charge in [-0.1, -0.05) is 0 Å². The van der Waals surface area contributed by atoms with E-state index in [1.165, 1.54) is 25.3 Å². The van der Waals surface area contributed by atoms with Crippen molar-refractivity contribution in [2.75, 3.05) is 25.5 Å². The van der Waals surface area contributed by atoms with Gasteiger partial charge in [0.15, 0.2) is 0 Å². The predicted octanol–water partition coefficient (Wildman–Crippen LogP) is 3.49. The summed E-state index contributed by atoms with van der Waals surface area (Å²) in [6.07, 6.45) is 1.93. The Morgan fingerprint density at radius 2 is 1.81 bits per heavy atom. The van der Waals surface area contributed by atoms with Gasteiger partial charge in [-0.05, 0) is 52.2 Å². The second kappa shape index (κ2) is 10.3. The number of benzene rings is 1. The Morgan fingerprint density at radius 1 is 1.15 bits per heavy atom. The molecule has 0 unspecified atom stereocenters. The Kier molecular flexibility index (Phi) is 8.50. The number of nitro groups is 1. The lowest BCUT2D eigenvalue weighted by atomic mass is 10.1. The maximum Gasteiger partial charge on any atom is 0.407 e. The molecule has 0 aliphatic rings. The molecule has 1 aromatic carbocycles. The monoisotopic (exact) mass is 381 g/mol. The molecule has 0 atom stereocenters. The van der Waals surface area contributed by atoms with E-state index in [-0.39, 0.29) is 11.3 Å². The van der Waals surface area contributed by atoms with Crippen LogP contribution in [0.3, 0.4) is 0 Å². The van der Waals surface area contributed by atoms with E-state index in [4.69, 9.17) is 4.74 Å². The third-order valence-corrected chi connectivity index (χ3v) is 3.45. The van der Waals surface area contributed by atoms with Crippen molar-refractivity contribution in [3.63, 3.8) is 0 Å². The van der Waals surface area contributed by atoms with E-state index >= 15 is 0 Å². The van der Waals surface area contributed by atoms with Crippen LogP contribution in [-0.2, 0) is 9.47 Å². The molecule has 0 heterocycles. The minimum Gasteiger partial charge on any atom is -0.465 e. The van der Waals surface area contributed by atoms with Crippen LogP contribution in [0.4, 0.5) is 16.2 Å². The van der Waals surface area contributed by atoms with E-state index in [2.05, 4.69) is 15.4 Å². The molecule has 9 nitrogen and oxygen atoms in total. The van der Waals surface area contributed by atoms with Crippen LogP contribution in [0.1, 0.15) is 50.4 Å². The van der Waals surface area contributed by atoms with Crippen LogP contribution in [0.5, 0.6) is 0 Å². The molecule has 1 amide bonds. The van der Waals surface area contributed by atoms with Crippen molar-refractivity contribution in [2.45, 2.75) is 45.6 Å². The number of rotatable bonds is 9. The number of esters is 1. The first-order chi connectivity index (χ1) is 12.6. The average molecular weight is 381 g/mol. The number of carbonyl (C=O) groups excluding carboxylic acids is 2. The van der Waals surface area contributed by atoms with Gasteiger partial charge in [0.2, 0.25) is 0 Å². The highest BCUT2D eigenvalue weighted by Crippen LogP contribution is 2.26. The van der Waals surface area contributed by atoms with Crippen molar-refractivity contribution in [3.05, 3.63) is 33.9 Å². The summed E-state index contributed by atoms with van der Waals surface area (Å²) in [5, 5.41) is 16.9. The summed E-state index contributed by atoms with van der Waals surface area (Å²) in [5.74, 6) is -0.623. The van der Waals surface area contributed by atoms with Crippen molar-refractivity contribution >= 4 is 23.4 Å². The molecule has 0 bridgehead atoms. The number of nitro benzene ring substituents is 1. The van der Waals surface area contributed by atoms with Gasteiger partial charge in [0, 0.05) is 19.2 Å². The third-order valence-electron chi connectivity index (χ3n) is 3.45. The molecule has 0 saturated carbocycles. The number of methoxy groups -OCH3 is 1. The number of ether oxygens (including phenoxy) is 2. The predicted molar refractivity (Wildman–Crippen MR) is 101 cm³/mol. The fraction of sp³-hybridized carbons (Fsp3) is 0.556. The van der Waals surface area contributed by atoms with Crippen molar-refractivity contribution < 1.29 is 24.0 Å². The lowest BCUT2D eigenvalue weighted by Gasteiger charge is -2.19. The standard InChI is InChI=1S/C18H27N3O6/c1-18(2,3)27-17(23)20-11-7-5-6-10-19-14-9-8-13(16(22)26-4)12-15(14)21(24)25/h8-9,12,19H,5-7,10-11H2,1-4H3,(H,20,23). The van der Waals surface area contributed by atoms with Crippen LogP contribution in [0, 0.1) is 10.1 Å². The Labute approximate surface area is 158 Å². The molecular weight excluding hydrogens is 354 g/mol. The Hall–Kier alpha value is -2.84. The summed E-state index contributed by atoms with van der Waals surface area (Å²) in [5.41, 5.74) is -0.224.